The Morgan fingerprint density at radius 2 is 1.88 bits per heavy atom. The number of benzene rings is 2. The Balaban J connectivity index is 1.64. The highest BCUT2D eigenvalue weighted by molar-refractivity contribution is 5.84. The van der Waals surface area contributed by atoms with Crippen molar-refractivity contribution in [2.45, 2.75) is 44.9 Å². The quantitative estimate of drug-likeness (QED) is 0.684. The molecule has 2 aromatic carbocycles. The third-order valence-corrected chi connectivity index (χ3v) is 5.56. The Hall–Kier alpha value is -2.33. The van der Waals surface area contributed by atoms with Gasteiger partial charge in [0.1, 0.15) is 0 Å². The second-order valence-corrected chi connectivity index (χ2v) is 7.75. The van der Waals surface area contributed by atoms with Crippen LogP contribution >= 0.6 is 0 Å². The first-order valence-electron chi connectivity index (χ1n) is 9.61. The Morgan fingerprint density at radius 1 is 1.12 bits per heavy atom. The number of piperidine rings is 1. The van der Waals surface area contributed by atoms with Gasteiger partial charge in [0.25, 0.3) is 0 Å². The van der Waals surface area contributed by atoms with Crippen LogP contribution in [0.15, 0.2) is 42.6 Å². The summed E-state index contributed by atoms with van der Waals surface area (Å²) in [5.74, 6) is 1.01. The monoisotopic (exact) mass is 349 g/mol. The molecule has 0 spiro atoms. The lowest BCUT2D eigenvalue weighted by molar-refractivity contribution is 0.147. The van der Waals surface area contributed by atoms with Gasteiger partial charge in [-0.3, -0.25) is 0 Å². The maximum absolute atomic E-state index is 9.90. The average molecular weight is 349 g/mol. The number of nitrogens with one attached hydrogen (secondary N) is 1. The van der Waals surface area contributed by atoms with Crippen molar-refractivity contribution in [3.8, 4) is 0 Å². The summed E-state index contributed by atoms with van der Waals surface area (Å²) in [4.78, 5) is 0.991. The summed E-state index contributed by atoms with van der Waals surface area (Å²) in [6, 6.07) is 13.4. The zero-order valence-electron chi connectivity index (χ0n) is 15.6. The maximum Gasteiger partial charge on any atom is 0.0738 e. The molecule has 4 nitrogen and oxygen atoms in total. The van der Waals surface area contributed by atoms with Crippen LogP contribution in [0.25, 0.3) is 10.8 Å². The van der Waals surface area contributed by atoms with E-state index in [0.717, 1.165) is 42.9 Å². The predicted octanol–water partition coefficient (Wildman–Crippen LogP) is 4.45. The molecule has 1 aliphatic heterocycles. The van der Waals surface area contributed by atoms with Gasteiger partial charge in [0.2, 0.25) is 0 Å². The number of nitrogens with zero attached hydrogens (tertiary/aromatic N) is 2. The molecule has 0 saturated carbocycles. The van der Waals surface area contributed by atoms with E-state index in [-0.39, 0.29) is 0 Å². The van der Waals surface area contributed by atoms with Crippen LogP contribution in [-0.2, 0) is 6.42 Å². The molecule has 0 aliphatic carbocycles. The SMILES string of the molecule is CC(C)c1ccc2ccc(Cc3nn(O)cc3C3CCNCC3)cc2c1. The number of hydrogen-bond acceptors (Lipinski definition) is 3. The summed E-state index contributed by atoms with van der Waals surface area (Å²) in [7, 11) is 0. The molecular formula is C22H27N3O. The lowest BCUT2D eigenvalue weighted by Crippen LogP contribution is -2.26. The highest BCUT2D eigenvalue weighted by Crippen LogP contribution is 2.29. The maximum atomic E-state index is 9.90. The molecule has 2 heterocycles. The molecule has 0 amide bonds. The molecule has 0 unspecified atom stereocenters. The van der Waals surface area contributed by atoms with Crippen molar-refractivity contribution in [3.63, 3.8) is 0 Å². The van der Waals surface area contributed by atoms with Crippen molar-refractivity contribution in [1.82, 2.24) is 15.3 Å². The fraction of sp³-hybridized carbons (Fsp3) is 0.409. The highest BCUT2D eigenvalue weighted by Gasteiger charge is 2.21. The van der Waals surface area contributed by atoms with Crippen LogP contribution in [0.4, 0.5) is 0 Å². The topological polar surface area (TPSA) is 50.1 Å². The van der Waals surface area contributed by atoms with Crippen LogP contribution in [0.3, 0.4) is 0 Å². The molecule has 0 atom stereocenters. The van der Waals surface area contributed by atoms with Crippen LogP contribution < -0.4 is 5.32 Å². The number of hydrogen-bond donors (Lipinski definition) is 2. The standard InChI is InChI=1S/C22H27N3O/c1-15(2)19-6-5-17-4-3-16(11-20(17)13-19)12-22-21(14-25(26)24-22)18-7-9-23-10-8-18/h3-6,11,13-15,18,23,26H,7-10,12H2,1-2H3. The number of rotatable bonds is 4. The smallest absolute Gasteiger partial charge is 0.0738 e. The van der Waals surface area contributed by atoms with Gasteiger partial charge in [0, 0.05) is 12.0 Å². The molecule has 4 heteroatoms. The van der Waals surface area contributed by atoms with Crippen molar-refractivity contribution in [2.75, 3.05) is 13.1 Å². The molecule has 26 heavy (non-hydrogen) atoms. The largest absolute Gasteiger partial charge is 0.412 e. The van der Waals surface area contributed by atoms with E-state index in [2.05, 4.69) is 60.7 Å². The third-order valence-electron chi connectivity index (χ3n) is 5.56. The molecule has 1 fully saturated rings. The molecule has 3 aromatic rings. The van der Waals surface area contributed by atoms with E-state index < -0.39 is 0 Å². The van der Waals surface area contributed by atoms with Gasteiger partial charge in [-0.15, -0.1) is 9.94 Å². The minimum absolute atomic E-state index is 0.486. The highest BCUT2D eigenvalue weighted by atomic mass is 16.5. The van der Waals surface area contributed by atoms with Gasteiger partial charge in [-0.1, -0.05) is 50.2 Å². The van der Waals surface area contributed by atoms with E-state index in [9.17, 15) is 5.21 Å². The van der Waals surface area contributed by atoms with Crippen molar-refractivity contribution >= 4 is 10.8 Å². The Morgan fingerprint density at radius 3 is 2.65 bits per heavy atom. The van der Waals surface area contributed by atoms with E-state index in [4.69, 9.17) is 0 Å². The van der Waals surface area contributed by atoms with Gasteiger partial charge in [0.15, 0.2) is 0 Å². The minimum Gasteiger partial charge on any atom is -0.412 e. The Bertz CT molecular complexity index is 907. The second kappa shape index (κ2) is 7.12. The first kappa shape index (κ1) is 17.1. The number of aromatic nitrogens is 2. The van der Waals surface area contributed by atoms with Crippen LogP contribution in [-0.4, -0.2) is 28.2 Å². The second-order valence-electron chi connectivity index (χ2n) is 7.75. The lowest BCUT2D eigenvalue weighted by atomic mass is 9.89. The fourth-order valence-electron chi connectivity index (χ4n) is 4.00. The van der Waals surface area contributed by atoms with Gasteiger partial charge in [-0.25, -0.2) is 0 Å². The summed E-state index contributed by atoms with van der Waals surface area (Å²) in [6.45, 7) is 6.53. The van der Waals surface area contributed by atoms with Crippen molar-refractivity contribution in [3.05, 3.63) is 65.0 Å². The molecule has 1 aliphatic rings. The van der Waals surface area contributed by atoms with Crippen molar-refractivity contribution < 1.29 is 5.21 Å². The third kappa shape index (κ3) is 3.47. The van der Waals surface area contributed by atoms with Gasteiger partial charge in [0.05, 0.1) is 11.9 Å². The normalized spacial score (nSPS) is 15.8. The molecular weight excluding hydrogens is 322 g/mol. The summed E-state index contributed by atoms with van der Waals surface area (Å²) < 4.78 is 0. The predicted molar refractivity (Wildman–Crippen MR) is 105 cm³/mol. The first-order valence-corrected chi connectivity index (χ1v) is 9.61. The van der Waals surface area contributed by atoms with Crippen LogP contribution in [0.1, 0.15) is 60.9 Å². The van der Waals surface area contributed by atoms with Crippen molar-refractivity contribution in [1.29, 1.82) is 0 Å². The van der Waals surface area contributed by atoms with Crippen LogP contribution in [0.2, 0.25) is 0 Å². The fourth-order valence-corrected chi connectivity index (χ4v) is 4.00. The molecule has 1 aromatic heterocycles. The molecule has 136 valence electrons. The average Bonchev–Trinajstić information content (AvgIpc) is 3.02. The molecule has 1 saturated heterocycles. The van der Waals surface area contributed by atoms with Gasteiger partial charge in [-0.05, 0) is 59.7 Å². The minimum atomic E-state index is 0.486. The Kier molecular flexibility index (Phi) is 4.68. The van der Waals surface area contributed by atoms with Gasteiger partial charge < -0.3 is 10.5 Å². The van der Waals surface area contributed by atoms with E-state index in [1.807, 2.05) is 0 Å². The van der Waals surface area contributed by atoms with Crippen molar-refractivity contribution in [2.24, 2.45) is 0 Å². The summed E-state index contributed by atoms with van der Waals surface area (Å²) in [5.41, 5.74) is 4.81. The van der Waals surface area contributed by atoms with Gasteiger partial charge >= 0.3 is 0 Å². The zero-order chi connectivity index (χ0) is 18.1. The van der Waals surface area contributed by atoms with Gasteiger partial charge in [-0.2, -0.15) is 0 Å². The molecule has 0 radical (unpaired) electrons. The first-order chi connectivity index (χ1) is 12.6. The lowest BCUT2D eigenvalue weighted by Gasteiger charge is -2.22. The Labute approximate surface area is 154 Å². The number of fused-ring (bicyclic) bond motifs is 1. The van der Waals surface area contributed by atoms with E-state index in [1.54, 1.807) is 6.20 Å². The summed E-state index contributed by atoms with van der Waals surface area (Å²) in [5, 5.41) is 20.2. The van der Waals surface area contributed by atoms with Crippen LogP contribution in [0.5, 0.6) is 0 Å². The van der Waals surface area contributed by atoms with Crippen LogP contribution in [0, 0.1) is 0 Å². The summed E-state index contributed by atoms with van der Waals surface area (Å²) >= 11 is 0. The van der Waals surface area contributed by atoms with E-state index in [1.165, 1.54) is 27.5 Å². The van der Waals surface area contributed by atoms with E-state index >= 15 is 0 Å². The molecule has 0 bridgehead atoms. The molecule has 4 rings (SSSR count). The molecule has 2 N–H and O–H groups in total. The summed E-state index contributed by atoms with van der Waals surface area (Å²) in [6.07, 6.45) is 4.76. The van der Waals surface area contributed by atoms with E-state index in [0.29, 0.717) is 11.8 Å². The zero-order valence-corrected chi connectivity index (χ0v) is 15.6.